The Kier molecular flexibility index (Phi) is 6.09. The third kappa shape index (κ3) is 4.52. The minimum absolute atomic E-state index is 0.230. The summed E-state index contributed by atoms with van der Waals surface area (Å²) in [5.41, 5.74) is 3.47. The molecule has 0 aliphatic heterocycles. The van der Waals surface area contributed by atoms with Gasteiger partial charge in [-0.05, 0) is 35.9 Å². The summed E-state index contributed by atoms with van der Waals surface area (Å²) in [7, 11) is 1.46. The Morgan fingerprint density at radius 2 is 1.79 bits per heavy atom. The normalized spacial score (nSPS) is 11.9. The molecule has 0 radical (unpaired) electrons. The van der Waals surface area contributed by atoms with Crippen molar-refractivity contribution in [2.45, 2.75) is 13.0 Å². The molecular weight excluding hydrogens is 372 g/mol. The third-order valence-electron chi connectivity index (χ3n) is 4.28. The first-order valence-electron chi connectivity index (χ1n) is 8.89. The van der Waals surface area contributed by atoms with Crippen molar-refractivity contribution >= 4 is 28.9 Å². The largest absolute Gasteiger partial charge is 0.493 e. The van der Waals surface area contributed by atoms with Crippen molar-refractivity contribution in [1.82, 2.24) is 5.43 Å². The van der Waals surface area contributed by atoms with Crippen LogP contribution >= 0.6 is 0 Å². The Labute approximate surface area is 167 Å². The van der Waals surface area contributed by atoms with E-state index in [2.05, 4.69) is 10.5 Å². The van der Waals surface area contributed by atoms with E-state index in [4.69, 9.17) is 14.6 Å². The van der Waals surface area contributed by atoms with Crippen molar-refractivity contribution in [3.05, 3.63) is 71.8 Å². The molecule has 7 nitrogen and oxygen atoms in total. The number of para-hydroxylation sites is 1. The van der Waals surface area contributed by atoms with Crippen LogP contribution in [0.1, 0.15) is 22.8 Å². The van der Waals surface area contributed by atoms with E-state index in [1.807, 2.05) is 36.4 Å². The van der Waals surface area contributed by atoms with E-state index in [0.717, 1.165) is 10.8 Å². The molecule has 0 heterocycles. The van der Waals surface area contributed by atoms with Crippen molar-refractivity contribution in [2.24, 2.45) is 5.10 Å². The number of nitrogens with one attached hydrogen (secondary N) is 1. The Balaban J connectivity index is 1.83. The predicted octanol–water partition coefficient (Wildman–Crippen LogP) is 3.46. The second kappa shape index (κ2) is 8.88. The lowest BCUT2D eigenvalue weighted by atomic mass is 10.0. The first-order valence-corrected chi connectivity index (χ1v) is 8.89. The van der Waals surface area contributed by atoms with E-state index in [1.165, 1.54) is 20.2 Å². The maximum Gasteiger partial charge on any atom is 0.344 e. The summed E-state index contributed by atoms with van der Waals surface area (Å²) in [5.74, 6) is -0.874. The van der Waals surface area contributed by atoms with Gasteiger partial charge in [-0.25, -0.2) is 10.2 Å². The molecule has 0 aromatic heterocycles. The zero-order chi connectivity index (χ0) is 20.8. The average molecular weight is 392 g/mol. The predicted molar refractivity (Wildman–Crippen MR) is 110 cm³/mol. The van der Waals surface area contributed by atoms with Crippen LogP contribution in [0.3, 0.4) is 0 Å². The highest BCUT2D eigenvalue weighted by Crippen LogP contribution is 2.31. The van der Waals surface area contributed by atoms with E-state index in [-0.39, 0.29) is 11.7 Å². The summed E-state index contributed by atoms with van der Waals surface area (Å²) < 4.78 is 10.7. The van der Waals surface area contributed by atoms with Gasteiger partial charge in [-0.3, -0.25) is 4.79 Å². The molecule has 0 bridgehead atoms. The second-order valence-corrected chi connectivity index (χ2v) is 6.20. The summed E-state index contributed by atoms with van der Waals surface area (Å²) in [6.45, 7) is 1.41. The number of carbonyl (C=O) groups is 2. The molecular formula is C22H20N2O5. The fourth-order valence-electron chi connectivity index (χ4n) is 2.79. The van der Waals surface area contributed by atoms with Gasteiger partial charge in [0.2, 0.25) is 0 Å². The van der Waals surface area contributed by atoms with Gasteiger partial charge >= 0.3 is 5.97 Å². The van der Waals surface area contributed by atoms with Crippen molar-refractivity contribution in [1.29, 1.82) is 0 Å². The third-order valence-corrected chi connectivity index (χ3v) is 4.28. The smallest absolute Gasteiger partial charge is 0.344 e. The molecule has 0 spiro atoms. The minimum atomic E-state index is -1.11. The summed E-state index contributed by atoms with van der Waals surface area (Å²) in [6, 6.07) is 18.1. The number of carboxylic acid groups (broad SMARTS) is 1. The zero-order valence-electron chi connectivity index (χ0n) is 16.0. The van der Waals surface area contributed by atoms with Crippen molar-refractivity contribution in [2.75, 3.05) is 7.11 Å². The molecule has 148 valence electrons. The molecule has 0 saturated heterocycles. The summed E-state index contributed by atoms with van der Waals surface area (Å²) in [4.78, 5) is 23.7. The summed E-state index contributed by atoms with van der Waals surface area (Å²) in [6.07, 6.45) is 0.304. The highest BCUT2D eigenvalue weighted by Gasteiger charge is 2.18. The number of hydrazone groups is 1. The minimum Gasteiger partial charge on any atom is -0.493 e. The molecule has 0 aliphatic carbocycles. The van der Waals surface area contributed by atoms with Crippen LogP contribution in [0.4, 0.5) is 0 Å². The lowest BCUT2D eigenvalue weighted by molar-refractivity contribution is -0.144. The molecule has 3 aromatic carbocycles. The Morgan fingerprint density at radius 1 is 1.07 bits per heavy atom. The van der Waals surface area contributed by atoms with Crippen LogP contribution in [0.5, 0.6) is 11.5 Å². The fourth-order valence-corrected chi connectivity index (χ4v) is 2.79. The van der Waals surface area contributed by atoms with Gasteiger partial charge in [0.15, 0.2) is 17.6 Å². The lowest BCUT2D eigenvalue weighted by Crippen LogP contribution is -2.24. The number of aliphatic carboxylic acids is 1. The molecule has 3 rings (SSSR count). The van der Waals surface area contributed by atoms with Gasteiger partial charge < -0.3 is 14.6 Å². The number of rotatable bonds is 7. The monoisotopic (exact) mass is 392 g/mol. The van der Waals surface area contributed by atoms with Crippen LogP contribution in [-0.2, 0) is 4.79 Å². The Bertz CT molecular complexity index is 1070. The molecule has 7 heteroatoms. The fraction of sp³-hybridized carbons (Fsp3) is 0.136. The molecule has 2 N–H and O–H groups in total. The van der Waals surface area contributed by atoms with Gasteiger partial charge in [0.25, 0.3) is 5.91 Å². The second-order valence-electron chi connectivity index (χ2n) is 6.20. The van der Waals surface area contributed by atoms with Gasteiger partial charge in [0.05, 0.1) is 13.3 Å². The van der Waals surface area contributed by atoms with Crippen molar-refractivity contribution in [3.8, 4) is 11.5 Å². The number of hydrogen-bond acceptors (Lipinski definition) is 5. The number of methoxy groups -OCH3 is 1. The molecule has 1 amide bonds. The lowest BCUT2D eigenvalue weighted by Gasteiger charge is -2.15. The van der Waals surface area contributed by atoms with E-state index in [1.54, 1.807) is 24.3 Å². The van der Waals surface area contributed by atoms with Gasteiger partial charge in [-0.1, -0.05) is 42.5 Å². The van der Waals surface area contributed by atoms with E-state index < -0.39 is 12.1 Å². The van der Waals surface area contributed by atoms with E-state index in [0.29, 0.717) is 16.9 Å². The number of amides is 1. The zero-order valence-corrected chi connectivity index (χ0v) is 16.0. The van der Waals surface area contributed by atoms with E-state index in [9.17, 15) is 9.59 Å². The van der Waals surface area contributed by atoms with Crippen LogP contribution in [0.25, 0.3) is 10.8 Å². The number of nitrogens with zero attached hydrogens (tertiary/aromatic N) is 1. The quantitative estimate of drug-likeness (QED) is 0.474. The van der Waals surface area contributed by atoms with Gasteiger partial charge in [0.1, 0.15) is 0 Å². The Hall–Kier alpha value is -3.87. The highest BCUT2D eigenvalue weighted by atomic mass is 16.5. The first-order chi connectivity index (χ1) is 14.0. The maximum atomic E-state index is 12.6. The van der Waals surface area contributed by atoms with Crippen LogP contribution in [0.2, 0.25) is 0 Å². The Morgan fingerprint density at radius 3 is 2.55 bits per heavy atom. The number of hydrogen-bond donors (Lipinski definition) is 2. The number of ether oxygens (including phenoxy) is 2. The maximum absolute atomic E-state index is 12.6. The molecule has 0 unspecified atom stereocenters. The van der Waals surface area contributed by atoms with Crippen LogP contribution in [0, 0.1) is 0 Å². The van der Waals surface area contributed by atoms with Gasteiger partial charge in [-0.15, -0.1) is 0 Å². The number of fused-ring (bicyclic) bond motifs is 1. The number of carboxylic acids is 1. The van der Waals surface area contributed by atoms with E-state index >= 15 is 0 Å². The summed E-state index contributed by atoms with van der Waals surface area (Å²) in [5, 5.41) is 14.9. The molecule has 3 aromatic rings. The standard InChI is InChI=1S/C22H20N2O5/c1-14(22(26)27)29-20-16(9-6-12-19(20)28-2)13-23-24-21(25)18-11-5-8-15-7-3-4-10-17(15)18/h3-14H,1-2H3,(H,24,25)(H,26,27)/b23-13-/t14-/m0/s1. The van der Waals surface area contributed by atoms with Crippen LogP contribution in [0.15, 0.2) is 65.8 Å². The van der Waals surface area contributed by atoms with Crippen LogP contribution in [-0.4, -0.2) is 36.4 Å². The topological polar surface area (TPSA) is 97.2 Å². The molecule has 0 saturated carbocycles. The number of carbonyl (C=O) groups excluding carboxylic acids is 1. The van der Waals surface area contributed by atoms with Crippen molar-refractivity contribution in [3.63, 3.8) is 0 Å². The summed E-state index contributed by atoms with van der Waals surface area (Å²) >= 11 is 0. The van der Waals surface area contributed by atoms with Crippen molar-refractivity contribution < 1.29 is 24.2 Å². The average Bonchev–Trinajstić information content (AvgIpc) is 2.74. The molecule has 29 heavy (non-hydrogen) atoms. The van der Waals surface area contributed by atoms with Gasteiger partial charge in [0, 0.05) is 11.1 Å². The molecule has 0 fully saturated rings. The molecule has 0 aliphatic rings. The molecule has 1 atom stereocenters. The van der Waals surface area contributed by atoms with Crippen LogP contribution < -0.4 is 14.9 Å². The SMILES string of the molecule is COc1cccc(/C=N\NC(=O)c2cccc3ccccc23)c1O[C@@H](C)C(=O)O. The van der Waals surface area contributed by atoms with Gasteiger partial charge in [-0.2, -0.15) is 5.10 Å². The number of benzene rings is 3. The highest BCUT2D eigenvalue weighted by molar-refractivity contribution is 6.07. The first kappa shape index (κ1) is 19.9.